The van der Waals surface area contributed by atoms with Crippen molar-refractivity contribution < 1.29 is 9.57 Å². The number of ether oxygens (including phenoxy) is 1. The highest BCUT2D eigenvalue weighted by Gasteiger charge is 2.14. The Morgan fingerprint density at radius 1 is 1.26 bits per heavy atom. The summed E-state index contributed by atoms with van der Waals surface area (Å²) in [6.07, 6.45) is 4.71. The molecule has 1 unspecified atom stereocenters. The quantitative estimate of drug-likeness (QED) is 0.853. The molecule has 2 aromatic rings. The van der Waals surface area contributed by atoms with E-state index in [9.17, 15) is 0 Å². The van der Waals surface area contributed by atoms with Gasteiger partial charge in [-0.15, -0.1) is 0 Å². The molecule has 6 nitrogen and oxygen atoms in total. The summed E-state index contributed by atoms with van der Waals surface area (Å²) in [5, 5.41) is 0. The topological polar surface area (TPSA) is 69.2 Å². The van der Waals surface area contributed by atoms with Gasteiger partial charge in [0, 0.05) is 23.1 Å². The summed E-state index contributed by atoms with van der Waals surface area (Å²) < 4.78 is 6.62. The molecule has 0 spiro atoms. The zero-order chi connectivity index (χ0) is 13.7. The first-order chi connectivity index (χ1) is 9.20. The van der Waals surface area contributed by atoms with Crippen LogP contribution < -0.4 is 10.2 Å². The van der Waals surface area contributed by atoms with Gasteiger partial charge in [-0.25, -0.2) is 20.4 Å². The number of aromatic nitrogens is 3. The standard InChI is InChI=1S/C12H13BrN4O2/c1-8(11-14-4-3-5-15-11)19-10-6-9(13)7-16-12(10)17-18-2/h3-8H,1-2H3,(H,16,17). The van der Waals surface area contributed by atoms with E-state index in [-0.39, 0.29) is 6.10 Å². The van der Waals surface area contributed by atoms with Crippen LogP contribution in [0.2, 0.25) is 0 Å². The Labute approximate surface area is 119 Å². The fourth-order valence-corrected chi connectivity index (χ4v) is 1.76. The number of nitrogens with one attached hydrogen (secondary N) is 1. The van der Waals surface area contributed by atoms with Crippen LogP contribution in [0.5, 0.6) is 5.75 Å². The van der Waals surface area contributed by atoms with E-state index in [0.29, 0.717) is 17.4 Å². The molecule has 0 aliphatic rings. The number of pyridine rings is 1. The van der Waals surface area contributed by atoms with Gasteiger partial charge in [-0.05, 0) is 35.0 Å². The van der Waals surface area contributed by atoms with E-state index < -0.39 is 0 Å². The third kappa shape index (κ3) is 3.62. The third-order valence-corrected chi connectivity index (χ3v) is 2.70. The van der Waals surface area contributed by atoms with Crippen molar-refractivity contribution in [3.63, 3.8) is 0 Å². The van der Waals surface area contributed by atoms with Crippen molar-refractivity contribution in [3.05, 3.63) is 41.0 Å². The van der Waals surface area contributed by atoms with E-state index in [1.807, 2.05) is 6.92 Å². The number of hydrogen-bond acceptors (Lipinski definition) is 6. The largest absolute Gasteiger partial charge is 0.479 e. The van der Waals surface area contributed by atoms with Crippen LogP contribution in [0.4, 0.5) is 5.82 Å². The number of nitrogens with zero attached hydrogens (tertiary/aromatic N) is 3. The first-order valence-corrected chi connectivity index (χ1v) is 6.38. The molecule has 2 rings (SSSR count). The van der Waals surface area contributed by atoms with Gasteiger partial charge in [0.15, 0.2) is 23.5 Å². The average molecular weight is 325 g/mol. The monoisotopic (exact) mass is 324 g/mol. The Balaban J connectivity index is 2.20. The van der Waals surface area contributed by atoms with Crippen molar-refractivity contribution >= 4 is 21.7 Å². The lowest BCUT2D eigenvalue weighted by molar-refractivity contribution is 0.210. The second-order valence-electron chi connectivity index (χ2n) is 3.67. The molecule has 19 heavy (non-hydrogen) atoms. The maximum atomic E-state index is 5.80. The molecule has 0 amide bonds. The van der Waals surface area contributed by atoms with Crippen molar-refractivity contribution in [1.29, 1.82) is 0 Å². The predicted molar refractivity (Wildman–Crippen MR) is 73.6 cm³/mol. The lowest BCUT2D eigenvalue weighted by atomic mass is 10.3. The maximum absolute atomic E-state index is 5.80. The van der Waals surface area contributed by atoms with E-state index in [2.05, 4.69) is 36.4 Å². The van der Waals surface area contributed by atoms with Crippen molar-refractivity contribution in [3.8, 4) is 5.75 Å². The minimum Gasteiger partial charge on any atom is -0.479 e. The zero-order valence-electron chi connectivity index (χ0n) is 10.5. The Morgan fingerprint density at radius 3 is 2.68 bits per heavy atom. The van der Waals surface area contributed by atoms with Crippen molar-refractivity contribution in [1.82, 2.24) is 15.0 Å². The van der Waals surface area contributed by atoms with Gasteiger partial charge in [-0.1, -0.05) is 0 Å². The molecule has 7 heteroatoms. The van der Waals surface area contributed by atoms with Gasteiger partial charge in [0.2, 0.25) is 0 Å². The van der Waals surface area contributed by atoms with E-state index >= 15 is 0 Å². The minimum atomic E-state index is -0.297. The Kier molecular flexibility index (Phi) is 4.64. The van der Waals surface area contributed by atoms with E-state index in [1.165, 1.54) is 7.11 Å². The van der Waals surface area contributed by atoms with Crippen LogP contribution >= 0.6 is 15.9 Å². The summed E-state index contributed by atoms with van der Waals surface area (Å²) in [5.74, 6) is 1.65. The summed E-state index contributed by atoms with van der Waals surface area (Å²) in [5.41, 5.74) is 2.66. The summed E-state index contributed by atoms with van der Waals surface area (Å²) in [4.78, 5) is 17.3. The van der Waals surface area contributed by atoms with Crippen molar-refractivity contribution in [2.45, 2.75) is 13.0 Å². The average Bonchev–Trinajstić information content (AvgIpc) is 2.43. The van der Waals surface area contributed by atoms with Gasteiger partial charge in [0.05, 0.1) is 7.11 Å². The summed E-state index contributed by atoms with van der Waals surface area (Å²) in [7, 11) is 1.51. The predicted octanol–water partition coefficient (Wildman–Crippen LogP) is 2.75. The van der Waals surface area contributed by atoms with Gasteiger partial charge in [0.25, 0.3) is 0 Å². The molecule has 2 heterocycles. The SMILES string of the molecule is CONc1ncc(Br)cc1OC(C)c1ncccn1. The fraction of sp³-hybridized carbons (Fsp3) is 0.250. The zero-order valence-corrected chi connectivity index (χ0v) is 12.1. The van der Waals surface area contributed by atoms with E-state index in [0.717, 1.165) is 4.47 Å². The third-order valence-electron chi connectivity index (χ3n) is 2.27. The van der Waals surface area contributed by atoms with Crippen LogP contribution in [-0.4, -0.2) is 22.1 Å². The van der Waals surface area contributed by atoms with E-state index in [1.54, 1.807) is 30.7 Å². The molecule has 0 radical (unpaired) electrons. The molecule has 0 bridgehead atoms. The molecule has 0 aliphatic carbocycles. The van der Waals surface area contributed by atoms with Crippen molar-refractivity contribution in [2.75, 3.05) is 12.6 Å². The van der Waals surface area contributed by atoms with Crippen molar-refractivity contribution in [2.24, 2.45) is 0 Å². The van der Waals surface area contributed by atoms with Gasteiger partial charge < -0.3 is 4.74 Å². The Morgan fingerprint density at radius 2 is 2.00 bits per heavy atom. The first-order valence-electron chi connectivity index (χ1n) is 5.59. The molecule has 0 saturated heterocycles. The normalized spacial score (nSPS) is 11.9. The summed E-state index contributed by atoms with van der Waals surface area (Å²) in [6, 6.07) is 3.56. The minimum absolute atomic E-state index is 0.297. The van der Waals surface area contributed by atoms with Gasteiger partial charge in [-0.2, -0.15) is 0 Å². The lowest BCUT2D eigenvalue weighted by Crippen LogP contribution is -2.09. The number of hydrogen-bond donors (Lipinski definition) is 1. The molecule has 2 aromatic heterocycles. The molecular formula is C12H13BrN4O2. The highest BCUT2D eigenvalue weighted by molar-refractivity contribution is 9.10. The number of halogens is 1. The van der Waals surface area contributed by atoms with Crippen LogP contribution in [0.1, 0.15) is 18.9 Å². The smallest absolute Gasteiger partial charge is 0.192 e. The lowest BCUT2D eigenvalue weighted by Gasteiger charge is -2.16. The fourth-order valence-electron chi connectivity index (χ4n) is 1.45. The molecule has 0 aliphatic heterocycles. The first kappa shape index (κ1) is 13.7. The second kappa shape index (κ2) is 6.44. The van der Waals surface area contributed by atoms with Crippen LogP contribution in [-0.2, 0) is 4.84 Å². The Bertz CT molecular complexity index is 539. The number of anilines is 1. The molecular weight excluding hydrogens is 312 g/mol. The van der Waals surface area contributed by atoms with E-state index in [4.69, 9.17) is 9.57 Å². The molecule has 0 saturated carbocycles. The summed E-state index contributed by atoms with van der Waals surface area (Å²) in [6.45, 7) is 1.87. The van der Waals surface area contributed by atoms with Gasteiger partial charge >= 0.3 is 0 Å². The molecule has 100 valence electrons. The highest BCUT2D eigenvalue weighted by Crippen LogP contribution is 2.29. The van der Waals surface area contributed by atoms with Crippen LogP contribution in [0.3, 0.4) is 0 Å². The molecule has 1 N–H and O–H groups in total. The van der Waals surface area contributed by atoms with Gasteiger partial charge in [0.1, 0.15) is 0 Å². The van der Waals surface area contributed by atoms with Crippen LogP contribution in [0.15, 0.2) is 35.2 Å². The highest BCUT2D eigenvalue weighted by atomic mass is 79.9. The summed E-state index contributed by atoms with van der Waals surface area (Å²) >= 11 is 3.35. The van der Waals surface area contributed by atoms with Gasteiger partial charge in [-0.3, -0.25) is 4.84 Å². The number of rotatable bonds is 5. The van der Waals surface area contributed by atoms with Crippen LogP contribution in [0.25, 0.3) is 0 Å². The maximum Gasteiger partial charge on any atom is 0.192 e. The Hall–Kier alpha value is -1.73. The molecule has 0 aromatic carbocycles. The second-order valence-corrected chi connectivity index (χ2v) is 4.59. The molecule has 0 fully saturated rings. The van der Waals surface area contributed by atoms with Crippen LogP contribution in [0, 0.1) is 0 Å². The molecule has 1 atom stereocenters.